The monoisotopic (exact) mass is 668 g/mol. The molecule has 6 rings (SSSR count). The van der Waals surface area contributed by atoms with E-state index in [1.54, 1.807) is 23.2 Å². The van der Waals surface area contributed by atoms with Gasteiger partial charge in [-0.1, -0.05) is 97.1 Å². The van der Waals surface area contributed by atoms with Crippen LogP contribution in [0.5, 0.6) is 5.75 Å². The lowest BCUT2D eigenvalue weighted by Gasteiger charge is -2.39. The summed E-state index contributed by atoms with van der Waals surface area (Å²) in [7, 11) is 1.41. The minimum Gasteiger partial charge on any atom is -0.494 e. The van der Waals surface area contributed by atoms with Gasteiger partial charge in [0.05, 0.1) is 12.8 Å². The van der Waals surface area contributed by atoms with Gasteiger partial charge in [0.1, 0.15) is 6.04 Å². The Kier molecular flexibility index (Phi) is 11.4. The van der Waals surface area contributed by atoms with Crippen LogP contribution in [0.15, 0.2) is 134 Å². The van der Waals surface area contributed by atoms with E-state index in [1.807, 2.05) is 95.9 Å². The zero-order chi connectivity index (χ0) is 34.7. The van der Waals surface area contributed by atoms with Crippen LogP contribution in [0, 0.1) is 5.82 Å². The van der Waals surface area contributed by atoms with Gasteiger partial charge in [0.25, 0.3) is 0 Å². The smallest absolute Gasteiger partial charge is 0.247 e. The van der Waals surface area contributed by atoms with Gasteiger partial charge in [-0.2, -0.15) is 0 Å². The van der Waals surface area contributed by atoms with Crippen LogP contribution >= 0.6 is 0 Å². The first kappa shape index (κ1) is 34.3. The number of halogens is 1. The maximum atomic E-state index is 14.5. The number of piperazine rings is 1. The van der Waals surface area contributed by atoms with Crippen LogP contribution in [-0.4, -0.2) is 70.8 Å². The van der Waals surface area contributed by atoms with Gasteiger partial charge in [0, 0.05) is 63.5 Å². The SMILES string of the molecule is COc1ccc(C=CC(=O)N(Cc2ccc(-c3ccccn3)cc2)[C@@H](Cc2ccccc2)C(=O)N2CCN(Cc3ccccc3)CC2)cc1F. The van der Waals surface area contributed by atoms with Crippen LogP contribution in [0.25, 0.3) is 17.3 Å². The molecule has 7 nitrogen and oxygen atoms in total. The predicted octanol–water partition coefficient (Wildman–Crippen LogP) is 6.89. The standard InChI is InChI=1S/C42H41FN4O3/c1-50-40-21-17-33(28-37(40)43)18-22-41(48)47(31-35-15-19-36(20-16-35)38-14-8-9-23-44-38)39(29-32-10-4-2-5-11-32)42(49)46-26-24-45(25-27-46)30-34-12-6-3-7-13-34/h2-23,28,39H,24-27,29-31H2,1H3/t39-/m0/s1. The number of benzene rings is 4. The molecule has 254 valence electrons. The highest BCUT2D eigenvalue weighted by Gasteiger charge is 2.34. The van der Waals surface area contributed by atoms with Crippen molar-refractivity contribution >= 4 is 17.9 Å². The average molecular weight is 669 g/mol. The molecule has 50 heavy (non-hydrogen) atoms. The number of methoxy groups -OCH3 is 1. The molecule has 1 aromatic heterocycles. The molecule has 1 atom stereocenters. The quantitative estimate of drug-likeness (QED) is 0.136. The van der Waals surface area contributed by atoms with E-state index in [2.05, 4.69) is 22.0 Å². The molecule has 1 fully saturated rings. The zero-order valence-corrected chi connectivity index (χ0v) is 28.2. The van der Waals surface area contributed by atoms with E-state index in [0.29, 0.717) is 25.1 Å². The molecule has 2 heterocycles. The van der Waals surface area contributed by atoms with Gasteiger partial charge < -0.3 is 14.5 Å². The molecule has 0 unspecified atom stereocenters. The Morgan fingerprint density at radius 2 is 1.50 bits per heavy atom. The molecule has 5 aromatic rings. The Morgan fingerprint density at radius 3 is 2.14 bits per heavy atom. The molecule has 1 aliphatic heterocycles. The normalized spacial score (nSPS) is 14.0. The summed E-state index contributed by atoms with van der Waals surface area (Å²) >= 11 is 0. The highest BCUT2D eigenvalue weighted by molar-refractivity contribution is 5.96. The molecule has 8 heteroatoms. The fourth-order valence-electron chi connectivity index (χ4n) is 6.25. The molecule has 0 saturated carbocycles. The van der Waals surface area contributed by atoms with Gasteiger partial charge in [-0.15, -0.1) is 0 Å². The van der Waals surface area contributed by atoms with Gasteiger partial charge in [-0.05, 0) is 52.6 Å². The first-order chi connectivity index (χ1) is 24.5. The lowest BCUT2D eigenvalue weighted by Crippen LogP contribution is -2.56. The summed E-state index contributed by atoms with van der Waals surface area (Å²) in [6, 6.07) is 37.6. The van der Waals surface area contributed by atoms with Gasteiger partial charge in [-0.25, -0.2) is 4.39 Å². The number of rotatable bonds is 12. The third-order valence-corrected chi connectivity index (χ3v) is 9.01. The zero-order valence-electron chi connectivity index (χ0n) is 28.2. The minimum absolute atomic E-state index is 0.0874. The first-order valence-electron chi connectivity index (χ1n) is 16.9. The fraction of sp³-hybridized carbons (Fsp3) is 0.214. The largest absolute Gasteiger partial charge is 0.494 e. The highest BCUT2D eigenvalue weighted by Crippen LogP contribution is 2.23. The third-order valence-electron chi connectivity index (χ3n) is 9.01. The molecule has 1 saturated heterocycles. The number of amides is 2. The Morgan fingerprint density at radius 1 is 0.820 bits per heavy atom. The van der Waals surface area contributed by atoms with Crippen LogP contribution in [0.1, 0.15) is 22.3 Å². The molecule has 0 N–H and O–H groups in total. The summed E-state index contributed by atoms with van der Waals surface area (Å²) < 4.78 is 19.5. The number of carbonyl (C=O) groups excluding carboxylic acids is 2. The van der Waals surface area contributed by atoms with Crippen molar-refractivity contribution < 1.29 is 18.7 Å². The Hall–Kier alpha value is -5.60. The summed E-state index contributed by atoms with van der Waals surface area (Å²) in [4.78, 5) is 39.1. The number of carbonyl (C=O) groups is 2. The third kappa shape index (κ3) is 8.89. The summed E-state index contributed by atoms with van der Waals surface area (Å²) in [5, 5.41) is 0. The Balaban J connectivity index is 1.28. The molecule has 2 amide bonds. The molecule has 0 aliphatic carbocycles. The van der Waals surface area contributed by atoms with Gasteiger partial charge in [-0.3, -0.25) is 19.5 Å². The van der Waals surface area contributed by atoms with Crippen LogP contribution in [0.2, 0.25) is 0 Å². The lowest BCUT2D eigenvalue weighted by atomic mass is 10.0. The van der Waals surface area contributed by atoms with Crippen LogP contribution in [-0.2, 0) is 29.1 Å². The number of pyridine rings is 1. The van der Waals surface area contributed by atoms with Crippen LogP contribution in [0.3, 0.4) is 0 Å². The summed E-state index contributed by atoms with van der Waals surface area (Å²) in [5.41, 5.74) is 5.39. The molecular formula is C42H41FN4O3. The van der Waals surface area contributed by atoms with Crippen LogP contribution in [0.4, 0.5) is 4.39 Å². The lowest BCUT2D eigenvalue weighted by molar-refractivity contribution is -0.145. The summed E-state index contributed by atoms with van der Waals surface area (Å²) in [6.45, 7) is 3.65. The van der Waals surface area contributed by atoms with Crippen molar-refractivity contribution in [3.63, 3.8) is 0 Å². The molecule has 0 bridgehead atoms. The average Bonchev–Trinajstić information content (AvgIpc) is 3.17. The maximum Gasteiger partial charge on any atom is 0.247 e. The maximum absolute atomic E-state index is 14.5. The summed E-state index contributed by atoms with van der Waals surface area (Å²) in [5.74, 6) is -0.820. The van der Waals surface area contributed by atoms with Crippen molar-refractivity contribution in [1.29, 1.82) is 0 Å². The second-order valence-electron chi connectivity index (χ2n) is 12.4. The highest BCUT2D eigenvalue weighted by atomic mass is 19.1. The van der Waals surface area contributed by atoms with Crippen molar-refractivity contribution in [2.75, 3.05) is 33.3 Å². The second-order valence-corrected chi connectivity index (χ2v) is 12.4. The van der Waals surface area contributed by atoms with Crippen molar-refractivity contribution in [2.45, 2.75) is 25.6 Å². The van der Waals surface area contributed by atoms with Crippen LogP contribution < -0.4 is 4.74 Å². The van der Waals surface area contributed by atoms with E-state index in [-0.39, 0.29) is 24.1 Å². The van der Waals surface area contributed by atoms with E-state index in [4.69, 9.17) is 4.74 Å². The minimum atomic E-state index is -0.765. The second kappa shape index (κ2) is 16.7. The van der Waals surface area contributed by atoms with E-state index in [9.17, 15) is 14.0 Å². The molecule has 4 aromatic carbocycles. The first-order valence-corrected chi connectivity index (χ1v) is 16.9. The number of nitrogens with zero attached hydrogens (tertiary/aromatic N) is 4. The van der Waals surface area contributed by atoms with Gasteiger partial charge in [0.15, 0.2) is 11.6 Å². The number of hydrogen-bond donors (Lipinski definition) is 0. The van der Waals surface area contributed by atoms with E-state index in [1.165, 1.54) is 30.9 Å². The van der Waals surface area contributed by atoms with E-state index >= 15 is 0 Å². The van der Waals surface area contributed by atoms with E-state index in [0.717, 1.165) is 42.0 Å². The van der Waals surface area contributed by atoms with Crippen molar-refractivity contribution in [1.82, 2.24) is 19.7 Å². The number of aromatic nitrogens is 1. The van der Waals surface area contributed by atoms with Crippen molar-refractivity contribution in [3.05, 3.63) is 162 Å². The van der Waals surface area contributed by atoms with Crippen molar-refractivity contribution in [3.8, 4) is 17.0 Å². The topological polar surface area (TPSA) is 66.0 Å². The van der Waals surface area contributed by atoms with Crippen molar-refractivity contribution in [2.24, 2.45) is 0 Å². The molecular weight excluding hydrogens is 627 g/mol. The van der Waals surface area contributed by atoms with Gasteiger partial charge in [0.2, 0.25) is 11.8 Å². The molecule has 0 radical (unpaired) electrons. The Labute approximate surface area is 293 Å². The molecule has 1 aliphatic rings. The fourth-order valence-corrected chi connectivity index (χ4v) is 6.25. The number of hydrogen-bond acceptors (Lipinski definition) is 5. The molecule has 0 spiro atoms. The summed E-state index contributed by atoms with van der Waals surface area (Å²) in [6.07, 6.45) is 5.11. The Bertz CT molecular complexity index is 1880. The predicted molar refractivity (Wildman–Crippen MR) is 194 cm³/mol. The van der Waals surface area contributed by atoms with Gasteiger partial charge >= 0.3 is 0 Å². The number of ether oxygens (including phenoxy) is 1. The van der Waals surface area contributed by atoms with E-state index < -0.39 is 11.9 Å².